The highest BCUT2D eigenvalue weighted by Gasteiger charge is 2.58. The minimum Gasteiger partial charge on any atom is -0.298 e. The van der Waals surface area contributed by atoms with E-state index in [1.54, 1.807) is 5.71 Å². The van der Waals surface area contributed by atoms with E-state index >= 15 is 0 Å². The molecule has 1 N–H and O–H groups in total. The zero-order valence-corrected chi connectivity index (χ0v) is 7.21. The molecule has 0 aromatic carbocycles. The number of nitrogens with zero attached hydrogens (tertiary/aromatic N) is 1. The summed E-state index contributed by atoms with van der Waals surface area (Å²) in [6.07, 6.45) is 7.24. The Balaban J connectivity index is 1.87. The number of rotatable bonds is 0. The number of hydrazone groups is 1. The topological polar surface area (TPSA) is 24.4 Å². The lowest BCUT2D eigenvalue weighted by Crippen LogP contribution is -2.69. The highest BCUT2D eigenvalue weighted by Crippen LogP contribution is 2.56. The molecule has 4 saturated carbocycles. The first-order chi connectivity index (χ1) is 5.86. The molecule has 0 amide bonds. The molecule has 2 atom stereocenters. The fraction of sp³-hybridized carbons (Fsp3) is 0.900. The van der Waals surface area contributed by atoms with Crippen molar-refractivity contribution in [2.24, 2.45) is 22.9 Å². The number of hydrogen-bond acceptors (Lipinski definition) is 2. The maximum absolute atomic E-state index is 4.39. The first-order valence-corrected chi connectivity index (χ1v) is 5.21. The highest BCUT2D eigenvalue weighted by atomic mass is 15.4. The predicted molar refractivity (Wildman–Crippen MR) is 46.9 cm³/mol. The van der Waals surface area contributed by atoms with Gasteiger partial charge in [0.05, 0.1) is 11.3 Å². The zero-order valence-electron chi connectivity index (χ0n) is 7.21. The predicted octanol–water partition coefficient (Wildman–Crippen LogP) is 1.52. The molecule has 4 aliphatic carbocycles. The molecular formula is C10H14N2. The average Bonchev–Trinajstić information content (AvgIpc) is 1.98. The van der Waals surface area contributed by atoms with Gasteiger partial charge in [0.25, 0.3) is 0 Å². The van der Waals surface area contributed by atoms with Crippen LogP contribution in [0.15, 0.2) is 5.10 Å². The molecule has 1 spiro atoms. The van der Waals surface area contributed by atoms with Crippen LogP contribution in [-0.4, -0.2) is 11.3 Å². The van der Waals surface area contributed by atoms with Crippen molar-refractivity contribution in [1.82, 2.24) is 5.43 Å². The lowest BCUT2D eigenvalue weighted by Gasteiger charge is -2.60. The Labute approximate surface area is 72.4 Å². The van der Waals surface area contributed by atoms with E-state index in [1.165, 1.54) is 32.1 Å². The van der Waals surface area contributed by atoms with Crippen LogP contribution in [0.1, 0.15) is 32.1 Å². The van der Waals surface area contributed by atoms with Crippen LogP contribution < -0.4 is 5.43 Å². The Morgan fingerprint density at radius 3 is 2.42 bits per heavy atom. The van der Waals surface area contributed by atoms with Gasteiger partial charge in [0.15, 0.2) is 0 Å². The maximum atomic E-state index is 4.39. The molecule has 0 aromatic rings. The Kier molecular flexibility index (Phi) is 0.785. The molecule has 2 heteroatoms. The molecule has 12 heavy (non-hydrogen) atoms. The summed E-state index contributed by atoms with van der Waals surface area (Å²) < 4.78 is 0. The summed E-state index contributed by atoms with van der Waals surface area (Å²) in [5.41, 5.74) is 5.33. The number of hydrogen-bond donors (Lipinski definition) is 1. The minimum atomic E-state index is 0.439. The van der Waals surface area contributed by atoms with Gasteiger partial charge in [0.1, 0.15) is 0 Å². The third-order valence-electron chi connectivity index (χ3n) is 4.44. The molecule has 4 bridgehead atoms. The smallest absolute Gasteiger partial charge is 0.0953 e. The van der Waals surface area contributed by atoms with E-state index in [4.69, 9.17) is 0 Å². The molecule has 1 aliphatic heterocycles. The third kappa shape index (κ3) is 0.484. The second-order valence-corrected chi connectivity index (χ2v) is 5.24. The first-order valence-electron chi connectivity index (χ1n) is 5.21. The van der Waals surface area contributed by atoms with E-state index in [0.717, 1.165) is 17.8 Å². The standard InChI is InChI=1S/C10H14N2/c1-6-2-8-3-7(1)5-10(4-6)9(8)11-12-10/h6-8,12H,1-5H2. The van der Waals surface area contributed by atoms with Crippen molar-refractivity contribution in [3.63, 3.8) is 0 Å². The van der Waals surface area contributed by atoms with Gasteiger partial charge < -0.3 is 0 Å². The Morgan fingerprint density at radius 1 is 1.17 bits per heavy atom. The molecule has 5 rings (SSSR count). The summed E-state index contributed by atoms with van der Waals surface area (Å²) >= 11 is 0. The quantitative estimate of drug-likeness (QED) is 0.574. The SMILES string of the molecule is C1C2CC3CC1CC1(C2)NN=C31. The van der Waals surface area contributed by atoms with Crippen LogP contribution in [0.3, 0.4) is 0 Å². The van der Waals surface area contributed by atoms with Crippen LogP contribution in [-0.2, 0) is 0 Å². The Morgan fingerprint density at radius 2 is 1.92 bits per heavy atom. The van der Waals surface area contributed by atoms with Crippen LogP contribution in [0.25, 0.3) is 0 Å². The zero-order chi connectivity index (χ0) is 7.76. The van der Waals surface area contributed by atoms with E-state index in [2.05, 4.69) is 10.5 Å². The van der Waals surface area contributed by atoms with E-state index in [1.807, 2.05) is 0 Å². The van der Waals surface area contributed by atoms with Crippen molar-refractivity contribution >= 4 is 5.71 Å². The van der Waals surface area contributed by atoms with E-state index in [-0.39, 0.29) is 0 Å². The van der Waals surface area contributed by atoms with Crippen molar-refractivity contribution in [3.05, 3.63) is 0 Å². The second kappa shape index (κ2) is 1.57. The van der Waals surface area contributed by atoms with Gasteiger partial charge in [-0.2, -0.15) is 5.10 Å². The fourth-order valence-electron chi connectivity index (χ4n) is 4.25. The average molecular weight is 162 g/mol. The molecule has 0 radical (unpaired) electrons. The van der Waals surface area contributed by atoms with E-state index in [9.17, 15) is 0 Å². The van der Waals surface area contributed by atoms with Gasteiger partial charge in [0, 0.05) is 5.92 Å². The van der Waals surface area contributed by atoms with Crippen molar-refractivity contribution in [3.8, 4) is 0 Å². The molecule has 5 aliphatic rings. The Bertz CT molecular complexity index is 268. The van der Waals surface area contributed by atoms with Crippen LogP contribution in [0.5, 0.6) is 0 Å². The summed E-state index contributed by atoms with van der Waals surface area (Å²) in [6, 6.07) is 0. The summed E-state index contributed by atoms with van der Waals surface area (Å²) in [7, 11) is 0. The summed E-state index contributed by atoms with van der Waals surface area (Å²) in [5, 5.41) is 4.39. The third-order valence-corrected chi connectivity index (χ3v) is 4.44. The molecule has 1 heterocycles. The van der Waals surface area contributed by atoms with Gasteiger partial charge in [0.2, 0.25) is 0 Å². The van der Waals surface area contributed by atoms with Crippen LogP contribution in [0.2, 0.25) is 0 Å². The van der Waals surface area contributed by atoms with Crippen LogP contribution >= 0.6 is 0 Å². The normalized spacial score (nSPS) is 58.7. The molecule has 0 saturated heterocycles. The lowest BCUT2D eigenvalue weighted by molar-refractivity contribution is 0.0542. The maximum Gasteiger partial charge on any atom is 0.0953 e. The van der Waals surface area contributed by atoms with E-state index in [0.29, 0.717) is 5.54 Å². The van der Waals surface area contributed by atoms with Gasteiger partial charge in [-0.25, -0.2) is 0 Å². The summed E-state index contributed by atoms with van der Waals surface area (Å²) in [6.45, 7) is 0. The molecular weight excluding hydrogens is 148 g/mol. The van der Waals surface area contributed by atoms with Crippen molar-refractivity contribution in [2.75, 3.05) is 0 Å². The second-order valence-electron chi connectivity index (χ2n) is 5.24. The lowest BCUT2D eigenvalue weighted by atomic mass is 9.51. The van der Waals surface area contributed by atoms with Crippen molar-refractivity contribution in [2.45, 2.75) is 37.6 Å². The summed E-state index contributed by atoms with van der Waals surface area (Å²) in [5.74, 6) is 2.96. The van der Waals surface area contributed by atoms with Crippen LogP contribution in [0, 0.1) is 17.8 Å². The van der Waals surface area contributed by atoms with Gasteiger partial charge in [-0.1, -0.05) is 0 Å². The monoisotopic (exact) mass is 162 g/mol. The van der Waals surface area contributed by atoms with Gasteiger partial charge in [-0.05, 0) is 43.9 Å². The molecule has 2 unspecified atom stereocenters. The van der Waals surface area contributed by atoms with Gasteiger partial charge in [-0.3, -0.25) is 5.43 Å². The van der Waals surface area contributed by atoms with Crippen molar-refractivity contribution < 1.29 is 0 Å². The van der Waals surface area contributed by atoms with E-state index < -0.39 is 0 Å². The minimum absolute atomic E-state index is 0.439. The van der Waals surface area contributed by atoms with Gasteiger partial charge >= 0.3 is 0 Å². The van der Waals surface area contributed by atoms with Crippen LogP contribution in [0.4, 0.5) is 0 Å². The molecule has 4 fully saturated rings. The van der Waals surface area contributed by atoms with Gasteiger partial charge in [-0.15, -0.1) is 0 Å². The summed E-state index contributed by atoms with van der Waals surface area (Å²) in [4.78, 5) is 0. The fourth-order valence-corrected chi connectivity index (χ4v) is 4.25. The Hall–Kier alpha value is -0.530. The first kappa shape index (κ1) is 6.01. The number of nitrogens with one attached hydrogen (secondary N) is 1. The van der Waals surface area contributed by atoms with Crippen molar-refractivity contribution in [1.29, 1.82) is 0 Å². The largest absolute Gasteiger partial charge is 0.298 e. The molecule has 64 valence electrons. The molecule has 0 aromatic heterocycles. The molecule has 2 nitrogen and oxygen atoms in total. The highest BCUT2D eigenvalue weighted by molar-refractivity contribution is 6.00.